The van der Waals surface area contributed by atoms with Gasteiger partial charge in [0.25, 0.3) is 0 Å². The van der Waals surface area contributed by atoms with Gasteiger partial charge in [0.05, 0.1) is 0 Å². The second-order valence-corrected chi connectivity index (χ2v) is 6.84. The summed E-state index contributed by atoms with van der Waals surface area (Å²) in [5.74, 6) is 0.667. The molecule has 0 aromatic heterocycles. The number of piperazine rings is 1. The standard InChI is InChI=1S/C17H24ClN3O/c18-14-4-6-15(7-5-14)20-8-10-21(11-9-20)17(22)12-13-2-1-3-16(13)19/h4-7,13,16H,1-3,8-12,19H2/t13-,16+/m0/s1. The highest BCUT2D eigenvalue weighted by molar-refractivity contribution is 6.30. The van der Waals surface area contributed by atoms with E-state index >= 15 is 0 Å². The number of benzene rings is 1. The van der Waals surface area contributed by atoms with Gasteiger partial charge in [0.2, 0.25) is 5.91 Å². The minimum absolute atomic E-state index is 0.222. The van der Waals surface area contributed by atoms with Gasteiger partial charge in [-0.05, 0) is 43.0 Å². The zero-order chi connectivity index (χ0) is 15.5. The lowest BCUT2D eigenvalue weighted by Gasteiger charge is -2.36. The van der Waals surface area contributed by atoms with Gasteiger partial charge in [-0.25, -0.2) is 0 Å². The summed E-state index contributed by atoms with van der Waals surface area (Å²) in [5, 5.41) is 0.755. The Morgan fingerprint density at radius 1 is 1.14 bits per heavy atom. The van der Waals surface area contributed by atoms with Crippen LogP contribution in [0.2, 0.25) is 5.02 Å². The van der Waals surface area contributed by atoms with E-state index in [-0.39, 0.29) is 11.9 Å². The fourth-order valence-electron chi connectivity index (χ4n) is 3.54. The average Bonchev–Trinajstić information content (AvgIpc) is 2.93. The summed E-state index contributed by atoms with van der Waals surface area (Å²) in [6.45, 7) is 3.35. The topological polar surface area (TPSA) is 49.6 Å². The summed E-state index contributed by atoms with van der Waals surface area (Å²) in [7, 11) is 0. The van der Waals surface area contributed by atoms with Crippen molar-refractivity contribution in [1.82, 2.24) is 4.90 Å². The second kappa shape index (κ2) is 6.88. The van der Waals surface area contributed by atoms with Crippen LogP contribution in [-0.2, 0) is 4.79 Å². The number of anilines is 1. The van der Waals surface area contributed by atoms with Crippen molar-refractivity contribution in [3.8, 4) is 0 Å². The zero-order valence-corrected chi connectivity index (χ0v) is 13.6. The maximum atomic E-state index is 12.4. The number of amides is 1. The summed E-state index contributed by atoms with van der Waals surface area (Å²) in [5.41, 5.74) is 7.25. The zero-order valence-electron chi connectivity index (χ0n) is 12.9. The van der Waals surface area contributed by atoms with Gasteiger partial charge in [-0.3, -0.25) is 4.79 Å². The third-order valence-electron chi connectivity index (χ3n) is 4.98. The first-order valence-corrected chi connectivity index (χ1v) is 8.55. The lowest BCUT2D eigenvalue weighted by molar-refractivity contribution is -0.132. The van der Waals surface area contributed by atoms with Gasteiger partial charge in [0, 0.05) is 49.4 Å². The third kappa shape index (κ3) is 3.55. The Kier molecular flexibility index (Phi) is 4.89. The van der Waals surface area contributed by atoms with E-state index in [1.54, 1.807) is 0 Å². The second-order valence-electron chi connectivity index (χ2n) is 6.40. The normalized spacial score (nSPS) is 25.5. The molecular weight excluding hydrogens is 298 g/mol. The first-order chi connectivity index (χ1) is 10.6. The van der Waals surface area contributed by atoms with Crippen LogP contribution in [0, 0.1) is 5.92 Å². The minimum atomic E-state index is 0.222. The number of carbonyl (C=O) groups excluding carboxylic acids is 1. The van der Waals surface area contributed by atoms with Crippen LogP contribution in [0.15, 0.2) is 24.3 Å². The molecule has 2 N–H and O–H groups in total. The van der Waals surface area contributed by atoms with E-state index in [1.165, 1.54) is 12.1 Å². The lowest BCUT2D eigenvalue weighted by atomic mass is 9.99. The van der Waals surface area contributed by atoms with Crippen molar-refractivity contribution < 1.29 is 4.79 Å². The first kappa shape index (κ1) is 15.6. The van der Waals surface area contributed by atoms with Crippen molar-refractivity contribution in [3.63, 3.8) is 0 Å². The van der Waals surface area contributed by atoms with Gasteiger partial charge >= 0.3 is 0 Å². The van der Waals surface area contributed by atoms with Crippen molar-refractivity contribution >= 4 is 23.2 Å². The molecule has 1 amide bonds. The maximum Gasteiger partial charge on any atom is 0.223 e. The van der Waals surface area contributed by atoms with Crippen LogP contribution < -0.4 is 10.6 Å². The molecule has 22 heavy (non-hydrogen) atoms. The molecule has 0 bridgehead atoms. The number of nitrogens with two attached hydrogens (primary N) is 1. The molecule has 0 spiro atoms. The van der Waals surface area contributed by atoms with Crippen molar-refractivity contribution in [2.24, 2.45) is 11.7 Å². The van der Waals surface area contributed by atoms with Crippen LogP contribution in [0.25, 0.3) is 0 Å². The van der Waals surface area contributed by atoms with E-state index in [2.05, 4.69) is 4.90 Å². The Morgan fingerprint density at radius 3 is 2.41 bits per heavy atom. The Hall–Kier alpha value is -1.26. The predicted octanol–water partition coefficient (Wildman–Crippen LogP) is 2.51. The monoisotopic (exact) mass is 321 g/mol. The van der Waals surface area contributed by atoms with Crippen LogP contribution in [0.3, 0.4) is 0 Å². The molecule has 1 saturated carbocycles. The molecule has 2 fully saturated rings. The molecule has 3 rings (SSSR count). The largest absolute Gasteiger partial charge is 0.368 e. The minimum Gasteiger partial charge on any atom is -0.368 e. The molecule has 0 radical (unpaired) electrons. The number of halogens is 1. The van der Waals surface area contributed by atoms with Crippen molar-refractivity contribution in [1.29, 1.82) is 0 Å². The molecule has 120 valence electrons. The van der Waals surface area contributed by atoms with Gasteiger partial charge in [-0.2, -0.15) is 0 Å². The number of carbonyl (C=O) groups is 1. The Balaban J connectivity index is 1.50. The third-order valence-corrected chi connectivity index (χ3v) is 5.23. The van der Waals surface area contributed by atoms with Gasteiger partial charge < -0.3 is 15.5 Å². The van der Waals surface area contributed by atoms with E-state index in [0.717, 1.165) is 44.0 Å². The number of nitrogens with zero attached hydrogens (tertiary/aromatic N) is 2. The fourth-order valence-corrected chi connectivity index (χ4v) is 3.66. The van der Waals surface area contributed by atoms with E-state index in [1.807, 2.05) is 29.2 Å². The van der Waals surface area contributed by atoms with Crippen LogP contribution >= 0.6 is 11.6 Å². The molecule has 2 aliphatic rings. The summed E-state index contributed by atoms with van der Waals surface area (Å²) in [4.78, 5) is 16.7. The summed E-state index contributed by atoms with van der Waals surface area (Å²) >= 11 is 5.93. The average molecular weight is 322 g/mol. The van der Waals surface area contributed by atoms with Crippen LogP contribution in [0.5, 0.6) is 0 Å². The van der Waals surface area contributed by atoms with Crippen molar-refractivity contribution in [2.75, 3.05) is 31.1 Å². The molecule has 2 atom stereocenters. The van der Waals surface area contributed by atoms with Crippen molar-refractivity contribution in [3.05, 3.63) is 29.3 Å². The first-order valence-electron chi connectivity index (χ1n) is 8.17. The van der Waals surface area contributed by atoms with E-state index in [4.69, 9.17) is 17.3 Å². The van der Waals surface area contributed by atoms with Gasteiger partial charge in [0.1, 0.15) is 0 Å². The molecule has 1 aliphatic heterocycles. The smallest absolute Gasteiger partial charge is 0.223 e. The van der Waals surface area contributed by atoms with Crippen LogP contribution in [0.4, 0.5) is 5.69 Å². The Bertz CT molecular complexity index is 511. The number of hydrogen-bond donors (Lipinski definition) is 1. The highest BCUT2D eigenvalue weighted by Crippen LogP contribution is 2.28. The molecule has 0 unspecified atom stereocenters. The van der Waals surface area contributed by atoms with Gasteiger partial charge in [0.15, 0.2) is 0 Å². The molecular formula is C17H24ClN3O. The van der Waals surface area contributed by atoms with E-state index in [9.17, 15) is 4.79 Å². The molecule has 1 heterocycles. The molecule has 1 aromatic carbocycles. The quantitative estimate of drug-likeness (QED) is 0.930. The molecule has 4 nitrogen and oxygen atoms in total. The highest BCUT2D eigenvalue weighted by Gasteiger charge is 2.29. The highest BCUT2D eigenvalue weighted by atomic mass is 35.5. The van der Waals surface area contributed by atoms with Gasteiger partial charge in [-0.15, -0.1) is 0 Å². The lowest BCUT2D eigenvalue weighted by Crippen LogP contribution is -2.49. The van der Waals surface area contributed by atoms with E-state index < -0.39 is 0 Å². The molecule has 5 heteroatoms. The predicted molar refractivity (Wildman–Crippen MR) is 90.2 cm³/mol. The summed E-state index contributed by atoms with van der Waals surface area (Å²) in [6.07, 6.45) is 3.98. The van der Waals surface area contributed by atoms with Crippen LogP contribution in [0.1, 0.15) is 25.7 Å². The summed E-state index contributed by atoms with van der Waals surface area (Å²) < 4.78 is 0. The SMILES string of the molecule is N[C@@H]1CCC[C@H]1CC(=O)N1CCN(c2ccc(Cl)cc2)CC1. The Morgan fingerprint density at radius 2 is 1.82 bits per heavy atom. The van der Waals surface area contributed by atoms with Crippen LogP contribution in [-0.4, -0.2) is 43.0 Å². The Labute approximate surface area is 137 Å². The fraction of sp³-hybridized carbons (Fsp3) is 0.588. The maximum absolute atomic E-state index is 12.4. The van der Waals surface area contributed by atoms with Gasteiger partial charge in [-0.1, -0.05) is 18.0 Å². The van der Waals surface area contributed by atoms with Crippen molar-refractivity contribution in [2.45, 2.75) is 31.7 Å². The molecule has 1 saturated heterocycles. The number of hydrogen-bond acceptors (Lipinski definition) is 3. The van der Waals surface area contributed by atoms with E-state index in [0.29, 0.717) is 12.3 Å². The summed E-state index contributed by atoms with van der Waals surface area (Å²) in [6, 6.07) is 8.12. The molecule has 1 aliphatic carbocycles. The number of rotatable bonds is 3. The molecule has 1 aromatic rings.